The highest BCUT2D eigenvalue weighted by Crippen LogP contribution is 2.21. The molecule has 1 unspecified atom stereocenters. The molecule has 0 aliphatic rings. The summed E-state index contributed by atoms with van der Waals surface area (Å²) < 4.78 is 0. The number of benzene rings is 1. The van der Waals surface area contributed by atoms with Crippen molar-refractivity contribution in [2.75, 3.05) is 5.32 Å². The molecule has 0 spiro atoms. The molecule has 1 N–H and O–H groups in total. The zero-order chi connectivity index (χ0) is 13.9. The second-order valence-electron chi connectivity index (χ2n) is 5.23. The van der Waals surface area contributed by atoms with Crippen molar-refractivity contribution in [2.24, 2.45) is 0 Å². The molecule has 2 aromatic heterocycles. The van der Waals surface area contributed by atoms with Crippen molar-refractivity contribution in [1.82, 2.24) is 4.98 Å². The van der Waals surface area contributed by atoms with E-state index < -0.39 is 0 Å². The van der Waals surface area contributed by atoms with Crippen molar-refractivity contribution in [3.63, 3.8) is 0 Å². The summed E-state index contributed by atoms with van der Waals surface area (Å²) in [6.07, 6.45) is 1.03. The Balaban J connectivity index is 1.81. The van der Waals surface area contributed by atoms with E-state index in [-0.39, 0.29) is 0 Å². The van der Waals surface area contributed by atoms with Gasteiger partial charge in [0, 0.05) is 11.4 Å². The maximum atomic E-state index is 4.74. The quantitative estimate of drug-likeness (QED) is 0.753. The van der Waals surface area contributed by atoms with Crippen molar-refractivity contribution in [2.45, 2.75) is 26.3 Å². The maximum absolute atomic E-state index is 4.74. The van der Waals surface area contributed by atoms with Gasteiger partial charge in [-0.1, -0.05) is 18.2 Å². The van der Waals surface area contributed by atoms with Crippen LogP contribution in [0.15, 0.2) is 47.2 Å². The number of nitrogens with one attached hydrogen (secondary N) is 1. The molecule has 102 valence electrons. The summed E-state index contributed by atoms with van der Waals surface area (Å²) in [7, 11) is 0. The van der Waals surface area contributed by atoms with E-state index >= 15 is 0 Å². The highest BCUT2D eigenvalue weighted by molar-refractivity contribution is 7.07. The van der Waals surface area contributed by atoms with Crippen molar-refractivity contribution >= 4 is 28.1 Å². The lowest BCUT2D eigenvalue weighted by atomic mass is 10.1. The zero-order valence-electron chi connectivity index (χ0n) is 11.8. The van der Waals surface area contributed by atoms with Gasteiger partial charge in [-0.3, -0.25) is 0 Å². The summed E-state index contributed by atoms with van der Waals surface area (Å²) in [5.74, 6) is 0.992. The first-order valence-electron chi connectivity index (χ1n) is 6.86. The molecule has 0 radical (unpaired) electrons. The maximum Gasteiger partial charge on any atom is 0.129 e. The van der Waals surface area contributed by atoms with E-state index in [4.69, 9.17) is 4.98 Å². The van der Waals surface area contributed by atoms with Crippen LogP contribution in [0.4, 0.5) is 5.82 Å². The summed E-state index contributed by atoms with van der Waals surface area (Å²) in [6, 6.07) is 13.0. The molecule has 0 bridgehead atoms. The van der Waals surface area contributed by atoms with Crippen LogP contribution < -0.4 is 5.32 Å². The van der Waals surface area contributed by atoms with Crippen molar-refractivity contribution in [3.05, 3.63) is 58.3 Å². The molecule has 3 aromatic rings. The fourth-order valence-corrected chi connectivity index (χ4v) is 3.10. The Morgan fingerprint density at radius 3 is 2.90 bits per heavy atom. The van der Waals surface area contributed by atoms with E-state index in [1.54, 1.807) is 11.3 Å². The second-order valence-corrected chi connectivity index (χ2v) is 6.01. The normalized spacial score (nSPS) is 12.5. The molecule has 2 nitrogen and oxygen atoms in total. The molecule has 0 aliphatic heterocycles. The predicted octanol–water partition coefficient (Wildman–Crippen LogP) is 4.65. The largest absolute Gasteiger partial charge is 0.367 e. The first kappa shape index (κ1) is 13.1. The van der Waals surface area contributed by atoms with Crippen LogP contribution in [0.25, 0.3) is 10.9 Å². The predicted molar refractivity (Wildman–Crippen MR) is 87.6 cm³/mol. The van der Waals surface area contributed by atoms with Crippen LogP contribution in [0.2, 0.25) is 0 Å². The second kappa shape index (κ2) is 5.63. The first-order valence-corrected chi connectivity index (χ1v) is 7.80. The number of aryl methyl sites for hydroxylation is 1. The third kappa shape index (κ3) is 2.83. The van der Waals surface area contributed by atoms with Crippen LogP contribution in [-0.2, 0) is 6.42 Å². The lowest BCUT2D eigenvalue weighted by Gasteiger charge is -2.16. The van der Waals surface area contributed by atoms with Crippen LogP contribution in [0.5, 0.6) is 0 Å². The number of rotatable bonds is 4. The van der Waals surface area contributed by atoms with Gasteiger partial charge >= 0.3 is 0 Å². The average molecular weight is 282 g/mol. The molecular formula is C17H18N2S. The number of nitrogens with zero attached hydrogens (tertiary/aromatic N) is 1. The van der Waals surface area contributed by atoms with Crippen LogP contribution in [0, 0.1) is 6.92 Å². The van der Waals surface area contributed by atoms with Crippen LogP contribution >= 0.6 is 11.3 Å². The van der Waals surface area contributed by atoms with Gasteiger partial charge in [-0.15, -0.1) is 0 Å². The van der Waals surface area contributed by atoms with Gasteiger partial charge in [0.1, 0.15) is 5.82 Å². The van der Waals surface area contributed by atoms with E-state index in [1.807, 2.05) is 6.07 Å². The Labute approximate surface area is 123 Å². The molecule has 0 fully saturated rings. The van der Waals surface area contributed by atoms with Crippen molar-refractivity contribution in [3.8, 4) is 0 Å². The van der Waals surface area contributed by atoms with Gasteiger partial charge in [-0.2, -0.15) is 11.3 Å². The van der Waals surface area contributed by atoms with Gasteiger partial charge in [-0.25, -0.2) is 4.98 Å². The fraction of sp³-hybridized carbons (Fsp3) is 0.235. The molecule has 20 heavy (non-hydrogen) atoms. The minimum atomic E-state index is 0.372. The molecule has 3 heteroatoms. The highest BCUT2D eigenvalue weighted by Gasteiger charge is 2.08. The Bertz CT molecular complexity index is 704. The van der Waals surface area contributed by atoms with Gasteiger partial charge < -0.3 is 5.32 Å². The Kier molecular flexibility index (Phi) is 3.70. The Morgan fingerprint density at radius 2 is 2.10 bits per heavy atom. The lowest BCUT2D eigenvalue weighted by Crippen LogP contribution is -2.19. The van der Waals surface area contributed by atoms with Crippen LogP contribution in [-0.4, -0.2) is 11.0 Å². The molecule has 0 amide bonds. The third-order valence-electron chi connectivity index (χ3n) is 3.42. The minimum Gasteiger partial charge on any atom is -0.367 e. The number of pyridine rings is 1. The Hall–Kier alpha value is -1.87. The monoisotopic (exact) mass is 282 g/mol. The molecule has 0 saturated carbocycles. The van der Waals surface area contributed by atoms with E-state index in [0.29, 0.717) is 6.04 Å². The van der Waals surface area contributed by atoms with E-state index in [9.17, 15) is 0 Å². The van der Waals surface area contributed by atoms with E-state index in [1.165, 1.54) is 16.5 Å². The van der Waals surface area contributed by atoms with Crippen LogP contribution in [0.1, 0.15) is 18.1 Å². The third-order valence-corrected chi connectivity index (χ3v) is 4.15. The molecule has 2 heterocycles. The van der Waals surface area contributed by atoms with Gasteiger partial charge in [0.05, 0.1) is 5.52 Å². The molecule has 0 saturated heterocycles. The summed E-state index contributed by atoms with van der Waals surface area (Å²) in [4.78, 5) is 4.74. The van der Waals surface area contributed by atoms with Gasteiger partial charge in [0.2, 0.25) is 0 Å². The summed E-state index contributed by atoms with van der Waals surface area (Å²) in [6.45, 7) is 4.31. The molecule has 0 aliphatic carbocycles. The van der Waals surface area contributed by atoms with Crippen LogP contribution in [0.3, 0.4) is 0 Å². The number of anilines is 1. The summed E-state index contributed by atoms with van der Waals surface area (Å²) in [5.41, 5.74) is 3.62. The standard InChI is InChI=1S/C17H18N2S/c1-12-9-15-5-3-4-6-16(15)19-17(12)18-13(2)10-14-7-8-20-11-14/h3-9,11,13H,10H2,1-2H3,(H,18,19). The van der Waals surface area contributed by atoms with Gasteiger partial charge in [-0.05, 0) is 60.4 Å². The summed E-state index contributed by atoms with van der Waals surface area (Å²) >= 11 is 1.75. The zero-order valence-corrected chi connectivity index (χ0v) is 12.6. The lowest BCUT2D eigenvalue weighted by molar-refractivity contribution is 0.786. The topological polar surface area (TPSA) is 24.9 Å². The van der Waals surface area contributed by atoms with E-state index in [2.05, 4.69) is 60.3 Å². The smallest absolute Gasteiger partial charge is 0.129 e. The molecule has 3 rings (SSSR count). The highest BCUT2D eigenvalue weighted by atomic mass is 32.1. The van der Waals surface area contributed by atoms with Crippen molar-refractivity contribution in [1.29, 1.82) is 0 Å². The fourth-order valence-electron chi connectivity index (χ4n) is 2.41. The Morgan fingerprint density at radius 1 is 1.25 bits per heavy atom. The van der Waals surface area contributed by atoms with E-state index in [0.717, 1.165) is 17.8 Å². The SMILES string of the molecule is Cc1cc2ccccc2nc1NC(C)Cc1ccsc1. The molecule has 1 atom stereocenters. The number of para-hydroxylation sites is 1. The first-order chi connectivity index (χ1) is 9.72. The van der Waals surface area contributed by atoms with Crippen molar-refractivity contribution < 1.29 is 0 Å². The number of aromatic nitrogens is 1. The number of hydrogen-bond acceptors (Lipinski definition) is 3. The number of hydrogen-bond donors (Lipinski definition) is 1. The average Bonchev–Trinajstić information content (AvgIpc) is 2.92. The minimum absolute atomic E-state index is 0.372. The number of thiophene rings is 1. The molecular weight excluding hydrogens is 264 g/mol. The number of fused-ring (bicyclic) bond motifs is 1. The molecule has 1 aromatic carbocycles. The van der Waals surface area contributed by atoms with Gasteiger partial charge in [0.25, 0.3) is 0 Å². The summed E-state index contributed by atoms with van der Waals surface area (Å²) in [5, 5.41) is 9.06. The van der Waals surface area contributed by atoms with Gasteiger partial charge in [0.15, 0.2) is 0 Å².